The molecule has 23 heavy (non-hydrogen) atoms. The molecule has 2 aromatic rings. The Morgan fingerprint density at radius 3 is 2.61 bits per heavy atom. The Balaban J connectivity index is 1.82. The van der Waals surface area contributed by atoms with Gasteiger partial charge in [0.2, 0.25) is 11.9 Å². The molecule has 1 aliphatic heterocycles. The molecule has 0 aliphatic carbocycles. The van der Waals surface area contributed by atoms with E-state index < -0.39 is 0 Å². The SMILES string of the molecule is CC(Nc1nccc(N2C(=O)CCC2(C)C)n1)c1ccccc1. The Morgan fingerprint density at radius 1 is 1.22 bits per heavy atom. The first-order valence-electron chi connectivity index (χ1n) is 7.95. The monoisotopic (exact) mass is 310 g/mol. The minimum atomic E-state index is -0.201. The molecule has 1 saturated heterocycles. The molecule has 1 N–H and O–H groups in total. The molecular weight excluding hydrogens is 288 g/mol. The first-order valence-corrected chi connectivity index (χ1v) is 7.95. The standard InChI is InChI=1S/C18H22N4O/c1-13(14-7-5-4-6-8-14)20-17-19-12-10-15(21-17)22-16(23)9-11-18(22,2)3/h4-8,10,12-13H,9,11H2,1-3H3,(H,19,20,21). The smallest absolute Gasteiger partial charge is 0.228 e. The number of nitrogens with one attached hydrogen (secondary N) is 1. The van der Waals surface area contributed by atoms with Crippen LogP contribution in [-0.4, -0.2) is 21.4 Å². The van der Waals surface area contributed by atoms with Gasteiger partial charge >= 0.3 is 0 Å². The van der Waals surface area contributed by atoms with Gasteiger partial charge in [-0.2, -0.15) is 4.98 Å². The summed E-state index contributed by atoms with van der Waals surface area (Å²) in [5.74, 6) is 1.32. The van der Waals surface area contributed by atoms with Gasteiger partial charge in [-0.15, -0.1) is 0 Å². The topological polar surface area (TPSA) is 58.1 Å². The van der Waals surface area contributed by atoms with Gasteiger partial charge in [0.25, 0.3) is 0 Å². The highest BCUT2D eigenvalue weighted by atomic mass is 16.2. The second-order valence-corrected chi connectivity index (χ2v) is 6.56. The van der Waals surface area contributed by atoms with Crippen LogP contribution in [0.15, 0.2) is 42.6 Å². The van der Waals surface area contributed by atoms with Gasteiger partial charge in [0, 0.05) is 18.2 Å². The lowest BCUT2D eigenvalue weighted by Crippen LogP contribution is -2.41. The van der Waals surface area contributed by atoms with Crippen LogP contribution in [0.3, 0.4) is 0 Å². The average Bonchev–Trinajstić information content (AvgIpc) is 2.81. The second-order valence-electron chi connectivity index (χ2n) is 6.56. The number of aromatic nitrogens is 2. The normalized spacial score (nSPS) is 18.0. The lowest BCUT2D eigenvalue weighted by Gasteiger charge is -2.30. The maximum atomic E-state index is 12.2. The summed E-state index contributed by atoms with van der Waals surface area (Å²) < 4.78 is 0. The Morgan fingerprint density at radius 2 is 1.96 bits per heavy atom. The lowest BCUT2D eigenvalue weighted by atomic mass is 10.0. The predicted molar refractivity (Wildman–Crippen MR) is 91.3 cm³/mol. The van der Waals surface area contributed by atoms with Crippen molar-refractivity contribution in [2.75, 3.05) is 10.2 Å². The summed E-state index contributed by atoms with van der Waals surface area (Å²) in [5.41, 5.74) is 0.965. The summed E-state index contributed by atoms with van der Waals surface area (Å²) in [7, 11) is 0. The Kier molecular flexibility index (Phi) is 4.03. The highest BCUT2D eigenvalue weighted by molar-refractivity contribution is 5.96. The zero-order valence-electron chi connectivity index (χ0n) is 13.8. The van der Waals surface area contributed by atoms with E-state index in [0.717, 1.165) is 6.42 Å². The van der Waals surface area contributed by atoms with Crippen molar-refractivity contribution >= 4 is 17.7 Å². The Bertz CT molecular complexity index is 699. The number of benzene rings is 1. The number of hydrogen-bond donors (Lipinski definition) is 1. The second kappa shape index (κ2) is 5.99. The number of rotatable bonds is 4. The highest BCUT2D eigenvalue weighted by Crippen LogP contribution is 2.33. The van der Waals surface area contributed by atoms with Crippen molar-refractivity contribution < 1.29 is 4.79 Å². The summed E-state index contributed by atoms with van der Waals surface area (Å²) in [6.07, 6.45) is 3.11. The maximum Gasteiger partial charge on any atom is 0.228 e. The number of nitrogens with zero attached hydrogens (tertiary/aromatic N) is 3. The molecular formula is C18H22N4O. The lowest BCUT2D eigenvalue weighted by molar-refractivity contribution is -0.117. The largest absolute Gasteiger partial charge is 0.348 e. The number of carbonyl (C=O) groups is 1. The molecule has 2 heterocycles. The molecule has 1 amide bonds. The quantitative estimate of drug-likeness (QED) is 0.938. The molecule has 1 unspecified atom stereocenters. The van der Waals surface area contributed by atoms with Gasteiger partial charge < -0.3 is 5.32 Å². The molecule has 5 heteroatoms. The van der Waals surface area contributed by atoms with E-state index in [-0.39, 0.29) is 17.5 Å². The molecule has 1 fully saturated rings. The minimum absolute atomic E-state index is 0.0914. The van der Waals surface area contributed by atoms with E-state index in [2.05, 4.69) is 48.2 Å². The summed E-state index contributed by atoms with van der Waals surface area (Å²) in [5, 5.41) is 3.30. The van der Waals surface area contributed by atoms with E-state index in [0.29, 0.717) is 18.2 Å². The zero-order valence-corrected chi connectivity index (χ0v) is 13.8. The van der Waals surface area contributed by atoms with Crippen molar-refractivity contribution in [3.63, 3.8) is 0 Å². The molecule has 1 aromatic heterocycles. The molecule has 1 aliphatic rings. The van der Waals surface area contributed by atoms with Gasteiger partial charge in [0.1, 0.15) is 5.82 Å². The summed E-state index contributed by atoms with van der Waals surface area (Å²) in [6, 6.07) is 12.0. The van der Waals surface area contributed by atoms with E-state index in [1.807, 2.05) is 18.2 Å². The highest BCUT2D eigenvalue weighted by Gasteiger charge is 2.39. The third-order valence-corrected chi connectivity index (χ3v) is 4.32. The van der Waals surface area contributed by atoms with Gasteiger partial charge in [-0.1, -0.05) is 30.3 Å². The molecule has 5 nitrogen and oxygen atoms in total. The first-order chi connectivity index (χ1) is 11.0. The molecule has 0 bridgehead atoms. The van der Waals surface area contributed by atoms with E-state index in [9.17, 15) is 4.79 Å². The van der Waals surface area contributed by atoms with E-state index >= 15 is 0 Å². The molecule has 1 atom stereocenters. The van der Waals surface area contributed by atoms with Crippen molar-refractivity contribution in [1.82, 2.24) is 9.97 Å². The van der Waals surface area contributed by atoms with Gasteiger partial charge in [-0.25, -0.2) is 4.98 Å². The maximum absolute atomic E-state index is 12.2. The number of amides is 1. The van der Waals surface area contributed by atoms with Gasteiger partial charge in [0.15, 0.2) is 0 Å². The van der Waals surface area contributed by atoms with Crippen LogP contribution in [0.5, 0.6) is 0 Å². The molecule has 1 aromatic carbocycles. The fourth-order valence-electron chi connectivity index (χ4n) is 2.97. The predicted octanol–water partition coefficient (Wildman–Crippen LogP) is 3.56. The van der Waals surface area contributed by atoms with Crippen LogP contribution in [0.4, 0.5) is 11.8 Å². The van der Waals surface area contributed by atoms with Crippen LogP contribution in [0.2, 0.25) is 0 Å². The molecule has 0 radical (unpaired) electrons. The van der Waals surface area contributed by atoms with Crippen LogP contribution in [0.1, 0.15) is 45.2 Å². The molecule has 120 valence electrons. The molecule has 0 spiro atoms. The summed E-state index contributed by atoms with van der Waals surface area (Å²) in [4.78, 5) is 22.8. The summed E-state index contributed by atoms with van der Waals surface area (Å²) >= 11 is 0. The van der Waals surface area contributed by atoms with E-state index in [4.69, 9.17) is 0 Å². The number of anilines is 2. The van der Waals surface area contributed by atoms with E-state index in [1.54, 1.807) is 17.2 Å². The fourth-order valence-corrected chi connectivity index (χ4v) is 2.97. The minimum Gasteiger partial charge on any atom is -0.348 e. The first kappa shape index (κ1) is 15.5. The van der Waals surface area contributed by atoms with Crippen LogP contribution >= 0.6 is 0 Å². The van der Waals surface area contributed by atoms with Crippen LogP contribution < -0.4 is 10.2 Å². The Hall–Kier alpha value is -2.43. The molecule has 3 rings (SSSR count). The average molecular weight is 310 g/mol. The van der Waals surface area contributed by atoms with Crippen LogP contribution in [0.25, 0.3) is 0 Å². The summed E-state index contributed by atoms with van der Waals surface area (Å²) in [6.45, 7) is 6.20. The van der Waals surface area contributed by atoms with Crippen molar-refractivity contribution in [2.45, 2.75) is 45.2 Å². The Labute approximate surface area is 136 Å². The van der Waals surface area contributed by atoms with Crippen molar-refractivity contribution in [1.29, 1.82) is 0 Å². The molecule has 0 saturated carbocycles. The number of carbonyl (C=O) groups excluding carboxylic acids is 1. The zero-order chi connectivity index (χ0) is 16.4. The van der Waals surface area contributed by atoms with Gasteiger partial charge in [-0.3, -0.25) is 9.69 Å². The third-order valence-electron chi connectivity index (χ3n) is 4.32. The number of hydrogen-bond acceptors (Lipinski definition) is 4. The van der Waals surface area contributed by atoms with Crippen molar-refractivity contribution in [3.8, 4) is 0 Å². The van der Waals surface area contributed by atoms with Crippen LogP contribution in [-0.2, 0) is 4.79 Å². The third kappa shape index (κ3) is 3.18. The van der Waals surface area contributed by atoms with E-state index in [1.165, 1.54) is 5.56 Å². The van der Waals surface area contributed by atoms with Crippen molar-refractivity contribution in [3.05, 3.63) is 48.2 Å². The van der Waals surface area contributed by atoms with Gasteiger partial charge in [-0.05, 0) is 38.8 Å². The van der Waals surface area contributed by atoms with Crippen LogP contribution in [0, 0.1) is 0 Å². The van der Waals surface area contributed by atoms with Crippen molar-refractivity contribution in [2.24, 2.45) is 0 Å². The van der Waals surface area contributed by atoms with Gasteiger partial charge in [0.05, 0.1) is 6.04 Å². The fraction of sp³-hybridized carbons (Fsp3) is 0.389.